The molecule has 3 aromatic rings. The minimum Gasteiger partial charge on any atom is -0.451 e. The van der Waals surface area contributed by atoms with Gasteiger partial charge in [-0.2, -0.15) is 0 Å². The third kappa shape index (κ3) is 2.96. The number of aryl methyl sites for hydroxylation is 1. The molecular formula is C16H11BrClNO2. The first-order valence-electron chi connectivity index (χ1n) is 6.29. The Morgan fingerprint density at radius 1 is 1.19 bits per heavy atom. The highest BCUT2D eigenvalue weighted by Gasteiger charge is 2.14. The standard InChI is InChI=1S/C16H11BrClNO2/c1-9-2-5-14-10(6-9)7-15(21-14)16(20)19-13-4-3-11(18)8-12(13)17/h2-8H,1H3,(H,19,20). The van der Waals surface area contributed by atoms with Crippen LogP contribution in [0.15, 0.2) is 51.4 Å². The van der Waals surface area contributed by atoms with Gasteiger partial charge in [0.15, 0.2) is 5.76 Å². The first-order valence-corrected chi connectivity index (χ1v) is 7.46. The van der Waals surface area contributed by atoms with Crippen molar-refractivity contribution in [2.75, 3.05) is 5.32 Å². The second kappa shape index (κ2) is 5.54. The van der Waals surface area contributed by atoms with Crippen molar-refractivity contribution in [3.8, 4) is 0 Å². The maximum atomic E-state index is 12.2. The monoisotopic (exact) mass is 363 g/mol. The van der Waals surface area contributed by atoms with E-state index in [1.54, 1.807) is 24.3 Å². The van der Waals surface area contributed by atoms with Gasteiger partial charge in [0.25, 0.3) is 5.91 Å². The molecule has 0 aliphatic rings. The number of benzene rings is 2. The fourth-order valence-corrected chi connectivity index (χ4v) is 2.83. The Balaban J connectivity index is 1.89. The lowest BCUT2D eigenvalue weighted by Crippen LogP contribution is -2.11. The number of nitrogens with one attached hydrogen (secondary N) is 1. The molecule has 0 saturated carbocycles. The van der Waals surface area contributed by atoms with E-state index >= 15 is 0 Å². The summed E-state index contributed by atoms with van der Waals surface area (Å²) in [7, 11) is 0. The number of furan rings is 1. The molecule has 0 unspecified atom stereocenters. The van der Waals surface area contributed by atoms with Crippen LogP contribution in [-0.2, 0) is 0 Å². The second-order valence-corrected chi connectivity index (χ2v) is 6.02. The molecule has 0 radical (unpaired) electrons. The maximum Gasteiger partial charge on any atom is 0.291 e. The zero-order chi connectivity index (χ0) is 15.0. The Kier molecular flexibility index (Phi) is 3.74. The van der Waals surface area contributed by atoms with Gasteiger partial charge >= 0.3 is 0 Å². The van der Waals surface area contributed by atoms with Crippen LogP contribution in [0, 0.1) is 6.92 Å². The summed E-state index contributed by atoms with van der Waals surface area (Å²) in [4.78, 5) is 12.2. The quantitative estimate of drug-likeness (QED) is 0.660. The molecule has 3 nitrogen and oxygen atoms in total. The SMILES string of the molecule is Cc1ccc2oc(C(=O)Nc3ccc(Cl)cc3Br)cc2c1. The molecule has 5 heteroatoms. The Hall–Kier alpha value is -1.78. The first-order chi connectivity index (χ1) is 10.0. The van der Waals surface area contributed by atoms with Crippen molar-refractivity contribution in [2.24, 2.45) is 0 Å². The van der Waals surface area contributed by atoms with Gasteiger partial charge in [-0.3, -0.25) is 4.79 Å². The topological polar surface area (TPSA) is 42.2 Å². The van der Waals surface area contributed by atoms with E-state index in [9.17, 15) is 4.79 Å². The van der Waals surface area contributed by atoms with Crippen molar-refractivity contribution in [1.29, 1.82) is 0 Å². The van der Waals surface area contributed by atoms with Crippen LogP contribution in [0.3, 0.4) is 0 Å². The summed E-state index contributed by atoms with van der Waals surface area (Å²) < 4.78 is 6.29. The summed E-state index contributed by atoms with van der Waals surface area (Å²) in [6, 6.07) is 12.7. The molecule has 1 amide bonds. The Labute approximate surface area is 135 Å². The van der Waals surface area contributed by atoms with E-state index in [0.717, 1.165) is 15.4 Å². The number of carbonyl (C=O) groups is 1. The van der Waals surface area contributed by atoms with Gasteiger partial charge in [-0.05, 0) is 59.3 Å². The third-order valence-corrected chi connectivity index (χ3v) is 3.97. The van der Waals surface area contributed by atoms with Crippen LogP contribution in [0.4, 0.5) is 5.69 Å². The van der Waals surface area contributed by atoms with Crippen LogP contribution >= 0.6 is 27.5 Å². The highest BCUT2D eigenvalue weighted by atomic mass is 79.9. The van der Waals surface area contributed by atoms with Crippen LogP contribution in [0.5, 0.6) is 0 Å². The molecule has 0 fully saturated rings. The van der Waals surface area contributed by atoms with Crippen molar-refractivity contribution in [2.45, 2.75) is 6.92 Å². The zero-order valence-electron chi connectivity index (χ0n) is 11.1. The average Bonchev–Trinajstić information content (AvgIpc) is 2.85. The highest BCUT2D eigenvalue weighted by Crippen LogP contribution is 2.27. The summed E-state index contributed by atoms with van der Waals surface area (Å²) >= 11 is 9.24. The van der Waals surface area contributed by atoms with Gasteiger partial charge in [0, 0.05) is 14.9 Å². The highest BCUT2D eigenvalue weighted by molar-refractivity contribution is 9.10. The molecular weight excluding hydrogens is 354 g/mol. The minimum absolute atomic E-state index is 0.275. The lowest BCUT2D eigenvalue weighted by Gasteiger charge is -2.05. The molecule has 1 aromatic heterocycles. The minimum atomic E-state index is -0.299. The first kappa shape index (κ1) is 14.2. The lowest BCUT2D eigenvalue weighted by atomic mass is 10.2. The van der Waals surface area contributed by atoms with E-state index < -0.39 is 0 Å². The normalized spacial score (nSPS) is 10.8. The number of hydrogen-bond donors (Lipinski definition) is 1. The fourth-order valence-electron chi connectivity index (χ4n) is 2.05. The summed E-state index contributed by atoms with van der Waals surface area (Å²) in [5.41, 5.74) is 2.46. The van der Waals surface area contributed by atoms with Gasteiger partial charge < -0.3 is 9.73 Å². The predicted molar refractivity (Wildman–Crippen MR) is 88.1 cm³/mol. The van der Waals surface area contributed by atoms with E-state index in [1.807, 2.05) is 25.1 Å². The molecule has 0 aliphatic carbocycles. The van der Waals surface area contributed by atoms with Crippen molar-refractivity contribution in [3.63, 3.8) is 0 Å². The van der Waals surface area contributed by atoms with Crippen LogP contribution in [0.2, 0.25) is 5.02 Å². The molecule has 0 aliphatic heterocycles. The number of amides is 1. The van der Waals surface area contributed by atoms with Gasteiger partial charge in [-0.15, -0.1) is 0 Å². The van der Waals surface area contributed by atoms with E-state index in [0.29, 0.717) is 16.3 Å². The molecule has 0 bridgehead atoms. The Morgan fingerprint density at radius 3 is 2.76 bits per heavy atom. The Bertz CT molecular complexity index is 841. The number of anilines is 1. The van der Waals surface area contributed by atoms with E-state index in [-0.39, 0.29) is 11.7 Å². The van der Waals surface area contributed by atoms with Gasteiger partial charge in [0.1, 0.15) is 5.58 Å². The lowest BCUT2D eigenvalue weighted by molar-refractivity contribution is 0.0998. The number of fused-ring (bicyclic) bond motifs is 1. The van der Waals surface area contributed by atoms with E-state index in [1.165, 1.54) is 0 Å². The van der Waals surface area contributed by atoms with Crippen LogP contribution < -0.4 is 5.32 Å². The molecule has 1 heterocycles. The van der Waals surface area contributed by atoms with Crippen LogP contribution in [-0.4, -0.2) is 5.91 Å². The van der Waals surface area contributed by atoms with E-state index in [4.69, 9.17) is 16.0 Å². The van der Waals surface area contributed by atoms with Crippen LogP contribution in [0.25, 0.3) is 11.0 Å². The molecule has 0 atom stereocenters. The smallest absolute Gasteiger partial charge is 0.291 e. The number of carbonyl (C=O) groups excluding carboxylic acids is 1. The molecule has 2 aromatic carbocycles. The second-order valence-electron chi connectivity index (χ2n) is 4.73. The van der Waals surface area contributed by atoms with Gasteiger partial charge in [0.05, 0.1) is 5.69 Å². The largest absolute Gasteiger partial charge is 0.451 e. The Morgan fingerprint density at radius 2 is 2.00 bits per heavy atom. The van der Waals surface area contributed by atoms with Crippen molar-refractivity contribution in [3.05, 3.63) is 63.3 Å². The van der Waals surface area contributed by atoms with Crippen LogP contribution in [0.1, 0.15) is 16.1 Å². The van der Waals surface area contributed by atoms with Crippen molar-refractivity contribution in [1.82, 2.24) is 0 Å². The average molecular weight is 365 g/mol. The summed E-state index contributed by atoms with van der Waals surface area (Å²) in [5, 5.41) is 4.30. The zero-order valence-corrected chi connectivity index (χ0v) is 13.5. The summed E-state index contributed by atoms with van der Waals surface area (Å²) in [5.74, 6) is -0.0238. The number of hydrogen-bond acceptors (Lipinski definition) is 2. The molecule has 0 spiro atoms. The number of halogens is 2. The van der Waals surface area contributed by atoms with Gasteiger partial charge in [-0.25, -0.2) is 0 Å². The molecule has 3 rings (SSSR count). The molecule has 21 heavy (non-hydrogen) atoms. The fraction of sp³-hybridized carbons (Fsp3) is 0.0625. The van der Waals surface area contributed by atoms with Gasteiger partial charge in [0.2, 0.25) is 0 Å². The summed E-state index contributed by atoms with van der Waals surface area (Å²) in [6.45, 7) is 2.00. The van der Waals surface area contributed by atoms with Crippen molar-refractivity contribution < 1.29 is 9.21 Å². The van der Waals surface area contributed by atoms with Gasteiger partial charge in [-0.1, -0.05) is 23.2 Å². The number of rotatable bonds is 2. The molecule has 1 N–H and O–H groups in total. The predicted octanol–water partition coefficient (Wildman–Crippen LogP) is 5.41. The molecule has 106 valence electrons. The van der Waals surface area contributed by atoms with E-state index in [2.05, 4.69) is 21.2 Å². The molecule has 0 saturated heterocycles. The third-order valence-electron chi connectivity index (χ3n) is 3.07. The summed E-state index contributed by atoms with van der Waals surface area (Å²) in [6.07, 6.45) is 0. The van der Waals surface area contributed by atoms with Crippen molar-refractivity contribution >= 4 is 50.1 Å². The maximum absolute atomic E-state index is 12.2.